The van der Waals surface area contributed by atoms with Crippen molar-refractivity contribution in [3.05, 3.63) is 41.4 Å². The third-order valence-electron chi connectivity index (χ3n) is 6.00. The predicted octanol–water partition coefficient (Wildman–Crippen LogP) is 2.45. The van der Waals surface area contributed by atoms with E-state index in [1.165, 1.54) is 12.4 Å². The number of nitrogens with one attached hydrogen (secondary N) is 1. The first-order valence-electron chi connectivity index (χ1n) is 10.9. The number of halogens is 2. The number of rotatable bonds is 6. The number of hydrogen-bond acceptors (Lipinski definition) is 8. The number of nitrogens with zero attached hydrogens (tertiary/aromatic N) is 3. The molecule has 8 nitrogen and oxygen atoms in total. The summed E-state index contributed by atoms with van der Waals surface area (Å²) < 4.78 is 37.5. The highest BCUT2D eigenvalue weighted by Crippen LogP contribution is 2.35. The predicted molar refractivity (Wildman–Crippen MR) is 128 cm³/mol. The molecule has 34 heavy (non-hydrogen) atoms. The van der Waals surface area contributed by atoms with E-state index in [1.807, 2.05) is 0 Å². The molecule has 3 aromatic rings. The van der Waals surface area contributed by atoms with Gasteiger partial charge in [-0.15, -0.1) is 0 Å². The zero-order valence-electron chi connectivity index (χ0n) is 18.6. The molecule has 0 bridgehead atoms. The number of anilines is 2. The average Bonchev–Trinajstić information content (AvgIpc) is 2.85. The Bertz CT molecular complexity index is 1200. The second-order valence-corrected chi connectivity index (χ2v) is 8.62. The Morgan fingerprint density at radius 1 is 1.24 bits per heavy atom. The van der Waals surface area contributed by atoms with Gasteiger partial charge < -0.3 is 24.3 Å². The van der Waals surface area contributed by atoms with Crippen molar-refractivity contribution in [2.24, 2.45) is 0 Å². The van der Waals surface area contributed by atoms with Gasteiger partial charge in [-0.25, -0.2) is 14.4 Å². The molecule has 2 atom stereocenters. The van der Waals surface area contributed by atoms with Crippen molar-refractivity contribution in [2.75, 3.05) is 51.9 Å². The van der Waals surface area contributed by atoms with Gasteiger partial charge in [-0.1, -0.05) is 17.1 Å². The standard InChI is InChI=1S/C23H23BClFN4O4/c1-31-21-4-15-19(27-12-28-23(15)29-20-6-17(25)16(24)5-18(20)26)7-22(21)34-11-14-8-30-2-3-32-9-13(30)10-33-14/h4-7,12-14H,2-3,8-11H2,1H3,(H,27,28,29)/t13?,14-/m1/s1. The van der Waals surface area contributed by atoms with E-state index in [0.717, 1.165) is 25.8 Å². The Hall–Kier alpha value is -2.66. The number of ether oxygens (including phenoxy) is 4. The van der Waals surface area contributed by atoms with Gasteiger partial charge in [-0.05, 0) is 18.2 Å². The van der Waals surface area contributed by atoms with E-state index in [4.69, 9.17) is 38.4 Å². The van der Waals surface area contributed by atoms with E-state index in [1.54, 1.807) is 19.2 Å². The van der Waals surface area contributed by atoms with E-state index in [0.29, 0.717) is 54.1 Å². The van der Waals surface area contributed by atoms with Crippen molar-refractivity contribution < 1.29 is 23.3 Å². The van der Waals surface area contributed by atoms with Crippen LogP contribution in [0.3, 0.4) is 0 Å². The van der Waals surface area contributed by atoms with E-state index in [2.05, 4.69) is 20.2 Å². The molecule has 3 heterocycles. The molecule has 5 rings (SSSR count). The Kier molecular flexibility index (Phi) is 6.74. The number of benzene rings is 2. The topological polar surface area (TPSA) is 78.0 Å². The largest absolute Gasteiger partial charge is 0.493 e. The molecule has 1 aromatic heterocycles. The summed E-state index contributed by atoms with van der Waals surface area (Å²) in [5, 5.41) is 3.83. The summed E-state index contributed by atoms with van der Waals surface area (Å²) in [4.78, 5) is 11.0. The van der Waals surface area contributed by atoms with Gasteiger partial charge in [0.05, 0.1) is 44.2 Å². The molecule has 2 aliphatic heterocycles. The Morgan fingerprint density at radius 3 is 2.97 bits per heavy atom. The number of methoxy groups -OCH3 is 1. The zero-order valence-corrected chi connectivity index (χ0v) is 19.3. The molecule has 0 amide bonds. The van der Waals surface area contributed by atoms with Gasteiger partial charge in [-0.2, -0.15) is 0 Å². The fourth-order valence-corrected chi connectivity index (χ4v) is 4.31. The van der Waals surface area contributed by atoms with Crippen molar-refractivity contribution in [3.8, 4) is 11.5 Å². The van der Waals surface area contributed by atoms with E-state index < -0.39 is 5.82 Å². The molecule has 1 unspecified atom stereocenters. The normalized spacial score (nSPS) is 20.7. The van der Waals surface area contributed by atoms with Gasteiger partial charge in [0.15, 0.2) is 11.5 Å². The number of morpholine rings is 2. The number of hydrogen-bond donors (Lipinski definition) is 1. The lowest BCUT2D eigenvalue weighted by Crippen LogP contribution is -2.56. The molecular formula is C23H23BClFN4O4. The molecule has 2 aliphatic rings. The van der Waals surface area contributed by atoms with Crippen LogP contribution >= 0.6 is 11.6 Å². The molecule has 0 saturated carbocycles. The molecule has 176 valence electrons. The van der Waals surface area contributed by atoms with Crippen molar-refractivity contribution in [1.82, 2.24) is 14.9 Å². The third-order valence-corrected chi connectivity index (χ3v) is 6.32. The molecule has 0 spiro atoms. The van der Waals surface area contributed by atoms with Gasteiger partial charge >= 0.3 is 0 Å². The molecule has 2 radical (unpaired) electrons. The second kappa shape index (κ2) is 9.91. The fourth-order valence-electron chi connectivity index (χ4n) is 4.15. The van der Waals surface area contributed by atoms with Crippen LogP contribution in [-0.4, -0.2) is 81.5 Å². The van der Waals surface area contributed by atoms with Crippen LogP contribution in [0.5, 0.6) is 11.5 Å². The van der Waals surface area contributed by atoms with Crippen molar-refractivity contribution in [3.63, 3.8) is 0 Å². The summed E-state index contributed by atoms with van der Waals surface area (Å²) in [5.41, 5.74) is 0.911. The molecule has 11 heteroatoms. The minimum Gasteiger partial charge on any atom is -0.493 e. The fraction of sp³-hybridized carbons (Fsp3) is 0.391. The quantitative estimate of drug-likeness (QED) is 0.535. The molecule has 2 fully saturated rings. The molecule has 2 aromatic carbocycles. The van der Waals surface area contributed by atoms with Crippen molar-refractivity contribution in [2.45, 2.75) is 12.1 Å². The van der Waals surface area contributed by atoms with Crippen LogP contribution in [0.4, 0.5) is 15.9 Å². The van der Waals surface area contributed by atoms with Crippen LogP contribution in [0.15, 0.2) is 30.6 Å². The highest BCUT2D eigenvalue weighted by molar-refractivity contribution is 6.45. The summed E-state index contributed by atoms with van der Waals surface area (Å²) in [7, 11) is 7.23. The first-order chi connectivity index (χ1) is 16.5. The Labute approximate surface area is 202 Å². The maximum atomic E-state index is 14.4. The summed E-state index contributed by atoms with van der Waals surface area (Å²) >= 11 is 6.05. The monoisotopic (exact) mass is 484 g/mol. The van der Waals surface area contributed by atoms with E-state index in [-0.39, 0.29) is 22.3 Å². The maximum Gasteiger partial charge on any atom is 0.163 e. The van der Waals surface area contributed by atoms with Crippen LogP contribution in [0.2, 0.25) is 5.02 Å². The SMILES string of the molecule is [B]c1cc(F)c(Nc2ncnc3cc(OC[C@H]4CN5CCOCC5CO4)c(OC)cc23)cc1Cl. The minimum atomic E-state index is -0.546. The summed E-state index contributed by atoms with van der Waals surface area (Å²) in [6.07, 6.45) is 1.33. The second-order valence-electron chi connectivity index (χ2n) is 8.21. The lowest BCUT2D eigenvalue weighted by Gasteiger charge is -2.41. The van der Waals surface area contributed by atoms with Gasteiger partial charge in [0, 0.05) is 29.6 Å². The number of aromatic nitrogens is 2. The molecule has 2 saturated heterocycles. The number of fused-ring (bicyclic) bond motifs is 2. The third kappa shape index (κ3) is 4.76. The van der Waals surface area contributed by atoms with Gasteiger partial charge in [0.1, 0.15) is 38.5 Å². The van der Waals surface area contributed by atoms with Crippen molar-refractivity contribution >= 4 is 47.3 Å². The first-order valence-corrected chi connectivity index (χ1v) is 11.3. The van der Waals surface area contributed by atoms with Crippen LogP contribution in [0.1, 0.15) is 0 Å². The highest BCUT2D eigenvalue weighted by Gasteiger charge is 2.31. The van der Waals surface area contributed by atoms with Crippen LogP contribution in [0.25, 0.3) is 10.9 Å². The molecule has 1 N–H and O–H groups in total. The van der Waals surface area contributed by atoms with Gasteiger partial charge in [0.25, 0.3) is 0 Å². The highest BCUT2D eigenvalue weighted by atomic mass is 35.5. The van der Waals surface area contributed by atoms with E-state index in [9.17, 15) is 4.39 Å². The lowest BCUT2D eigenvalue weighted by molar-refractivity contribution is -0.124. The van der Waals surface area contributed by atoms with Crippen LogP contribution in [-0.2, 0) is 9.47 Å². The zero-order chi connectivity index (χ0) is 23.7. The summed E-state index contributed by atoms with van der Waals surface area (Å²) in [5.74, 6) is 0.884. The average molecular weight is 485 g/mol. The van der Waals surface area contributed by atoms with Gasteiger partial charge in [-0.3, -0.25) is 4.90 Å². The van der Waals surface area contributed by atoms with E-state index >= 15 is 0 Å². The Balaban J connectivity index is 1.36. The van der Waals surface area contributed by atoms with Gasteiger partial charge in [0.2, 0.25) is 0 Å². The molecular weight excluding hydrogens is 462 g/mol. The van der Waals surface area contributed by atoms with Crippen LogP contribution in [0, 0.1) is 5.82 Å². The minimum absolute atomic E-state index is 0.0596. The summed E-state index contributed by atoms with van der Waals surface area (Å²) in [6, 6.07) is 6.41. The smallest absolute Gasteiger partial charge is 0.163 e. The molecule has 0 aliphatic carbocycles. The first kappa shape index (κ1) is 23.1. The van der Waals surface area contributed by atoms with Crippen LogP contribution < -0.4 is 20.3 Å². The lowest BCUT2D eigenvalue weighted by atomic mass is 9.96. The maximum absolute atomic E-state index is 14.4. The summed E-state index contributed by atoms with van der Waals surface area (Å²) in [6.45, 7) is 4.13. The Morgan fingerprint density at radius 2 is 2.12 bits per heavy atom. The van der Waals surface area contributed by atoms with Crippen molar-refractivity contribution in [1.29, 1.82) is 0 Å².